The number of amides is 1. The SMILES string of the molecule is Cc1ccc([N+](=O)[O-])c(C(=O)N2CCC(C3CCCN3)CC2)c1.Cl. The van der Waals surface area contributed by atoms with Crippen molar-refractivity contribution < 1.29 is 9.72 Å². The van der Waals surface area contributed by atoms with Crippen molar-refractivity contribution in [2.24, 2.45) is 5.92 Å². The Morgan fingerprint density at radius 1 is 1.29 bits per heavy atom. The molecule has 24 heavy (non-hydrogen) atoms. The lowest BCUT2D eigenvalue weighted by Gasteiger charge is -2.34. The van der Waals surface area contributed by atoms with Gasteiger partial charge in [-0.25, -0.2) is 0 Å². The summed E-state index contributed by atoms with van der Waals surface area (Å²) < 4.78 is 0. The monoisotopic (exact) mass is 353 g/mol. The fourth-order valence-corrected chi connectivity index (χ4v) is 3.77. The summed E-state index contributed by atoms with van der Waals surface area (Å²) in [5.41, 5.74) is 0.983. The first kappa shape index (κ1) is 18.7. The van der Waals surface area contributed by atoms with Crippen LogP contribution in [0, 0.1) is 23.0 Å². The van der Waals surface area contributed by atoms with Crippen molar-refractivity contribution >= 4 is 24.0 Å². The third kappa shape index (κ3) is 3.87. The van der Waals surface area contributed by atoms with E-state index in [1.165, 1.54) is 18.9 Å². The smallest absolute Gasteiger partial charge is 0.282 e. The molecule has 2 heterocycles. The first-order chi connectivity index (χ1) is 11.1. The highest BCUT2D eigenvalue weighted by Gasteiger charge is 2.32. The number of nitro benzene ring substituents is 1. The van der Waals surface area contributed by atoms with Gasteiger partial charge in [0.05, 0.1) is 4.92 Å². The lowest BCUT2D eigenvalue weighted by atomic mass is 9.88. The number of halogens is 1. The van der Waals surface area contributed by atoms with Gasteiger partial charge in [-0.05, 0) is 56.7 Å². The number of carbonyl (C=O) groups is 1. The number of nitro groups is 1. The Morgan fingerprint density at radius 2 is 2.00 bits per heavy atom. The highest BCUT2D eigenvalue weighted by Crippen LogP contribution is 2.28. The molecule has 1 unspecified atom stereocenters. The number of aryl methyl sites for hydroxylation is 1. The molecule has 2 aliphatic heterocycles. The largest absolute Gasteiger partial charge is 0.338 e. The van der Waals surface area contributed by atoms with Crippen molar-refractivity contribution in [1.82, 2.24) is 10.2 Å². The van der Waals surface area contributed by atoms with E-state index < -0.39 is 4.92 Å². The Kier molecular flexibility index (Phi) is 6.18. The zero-order valence-corrected chi connectivity index (χ0v) is 14.7. The molecular formula is C17H24ClN3O3. The van der Waals surface area contributed by atoms with Crippen LogP contribution in [0.15, 0.2) is 18.2 Å². The summed E-state index contributed by atoms with van der Waals surface area (Å²) in [4.78, 5) is 25.2. The van der Waals surface area contributed by atoms with Gasteiger partial charge in [-0.15, -0.1) is 12.4 Å². The van der Waals surface area contributed by atoms with Gasteiger partial charge in [0.2, 0.25) is 0 Å². The predicted molar refractivity (Wildman–Crippen MR) is 94.7 cm³/mol. The third-order valence-corrected chi connectivity index (χ3v) is 5.07. The molecule has 2 fully saturated rings. The van der Waals surface area contributed by atoms with E-state index in [1.807, 2.05) is 6.92 Å². The molecule has 2 saturated heterocycles. The lowest BCUT2D eigenvalue weighted by molar-refractivity contribution is -0.385. The molecule has 132 valence electrons. The summed E-state index contributed by atoms with van der Waals surface area (Å²) in [5.74, 6) is 0.410. The zero-order chi connectivity index (χ0) is 16.4. The molecule has 0 spiro atoms. The molecule has 1 aromatic rings. The number of nitrogens with zero attached hydrogens (tertiary/aromatic N) is 2. The highest BCUT2D eigenvalue weighted by atomic mass is 35.5. The molecule has 1 N–H and O–H groups in total. The molecule has 0 aromatic heterocycles. The van der Waals surface area contributed by atoms with Gasteiger partial charge in [0.15, 0.2) is 0 Å². The molecule has 7 heteroatoms. The fraction of sp³-hybridized carbons (Fsp3) is 0.588. The number of piperidine rings is 1. The number of benzene rings is 1. The summed E-state index contributed by atoms with van der Waals surface area (Å²) in [5, 5.41) is 14.7. The number of hydrogen-bond acceptors (Lipinski definition) is 4. The predicted octanol–water partition coefficient (Wildman–Crippen LogP) is 2.93. The van der Waals surface area contributed by atoms with Gasteiger partial charge in [0.1, 0.15) is 5.56 Å². The fourth-order valence-electron chi connectivity index (χ4n) is 3.77. The van der Waals surface area contributed by atoms with Crippen LogP contribution >= 0.6 is 12.4 Å². The molecule has 0 aliphatic carbocycles. The van der Waals surface area contributed by atoms with E-state index in [1.54, 1.807) is 17.0 Å². The average molecular weight is 354 g/mol. The van der Waals surface area contributed by atoms with Crippen molar-refractivity contribution in [3.63, 3.8) is 0 Å². The van der Waals surface area contributed by atoms with Crippen LogP contribution in [0.4, 0.5) is 5.69 Å². The molecule has 1 amide bonds. The lowest BCUT2D eigenvalue weighted by Crippen LogP contribution is -2.43. The number of nitrogens with one attached hydrogen (secondary N) is 1. The Bertz CT molecular complexity index is 609. The van der Waals surface area contributed by atoms with Gasteiger partial charge in [-0.1, -0.05) is 6.07 Å². The van der Waals surface area contributed by atoms with E-state index in [0.717, 1.165) is 24.9 Å². The number of likely N-dealkylation sites (tertiary alicyclic amines) is 1. The van der Waals surface area contributed by atoms with Crippen molar-refractivity contribution in [2.75, 3.05) is 19.6 Å². The van der Waals surface area contributed by atoms with Crippen LogP contribution < -0.4 is 5.32 Å². The van der Waals surface area contributed by atoms with Crippen LogP contribution in [0.2, 0.25) is 0 Å². The van der Waals surface area contributed by atoms with Crippen molar-refractivity contribution in [2.45, 2.75) is 38.6 Å². The van der Waals surface area contributed by atoms with Crippen LogP contribution in [-0.4, -0.2) is 41.4 Å². The molecule has 0 bridgehead atoms. The molecule has 0 radical (unpaired) electrons. The second-order valence-electron chi connectivity index (χ2n) is 6.61. The van der Waals surface area contributed by atoms with Gasteiger partial charge in [-0.2, -0.15) is 0 Å². The first-order valence-electron chi connectivity index (χ1n) is 8.34. The number of hydrogen-bond donors (Lipinski definition) is 1. The van der Waals surface area contributed by atoms with Crippen molar-refractivity contribution in [3.05, 3.63) is 39.4 Å². The van der Waals surface area contributed by atoms with E-state index in [9.17, 15) is 14.9 Å². The van der Waals surface area contributed by atoms with Gasteiger partial charge in [-0.3, -0.25) is 14.9 Å². The molecule has 1 aromatic carbocycles. The quantitative estimate of drug-likeness (QED) is 0.669. The van der Waals surface area contributed by atoms with E-state index in [-0.39, 0.29) is 29.6 Å². The first-order valence-corrected chi connectivity index (χ1v) is 8.34. The van der Waals surface area contributed by atoms with E-state index in [0.29, 0.717) is 25.0 Å². The number of carbonyl (C=O) groups excluding carboxylic acids is 1. The normalized spacial score (nSPS) is 21.4. The highest BCUT2D eigenvalue weighted by molar-refractivity contribution is 5.98. The van der Waals surface area contributed by atoms with Gasteiger partial charge >= 0.3 is 0 Å². The standard InChI is InChI=1S/C17H23N3O3.ClH/c1-12-4-5-16(20(22)23)14(11-12)17(21)19-9-6-13(7-10-19)15-3-2-8-18-15;/h4-5,11,13,15,18H,2-3,6-10H2,1H3;1H. The minimum Gasteiger partial charge on any atom is -0.338 e. The van der Waals surface area contributed by atoms with Crippen LogP contribution in [0.5, 0.6) is 0 Å². The van der Waals surface area contributed by atoms with Crippen LogP contribution in [-0.2, 0) is 0 Å². The van der Waals surface area contributed by atoms with Crippen LogP contribution in [0.25, 0.3) is 0 Å². The Morgan fingerprint density at radius 3 is 2.58 bits per heavy atom. The van der Waals surface area contributed by atoms with Crippen molar-refractivity contribution in [3.8, 4) is 0 Å². The Balaban J connectivity index is 0.00000208. The minimum atomic E-state index is -0.470. The van der Waals surface area contributed by atoms with Crippen LogP contribution in [0.3, 0.4) is 0 Å². The van der Waals surface area contributed by atoms with Gasteiger partial charge in [0, 0.05) is 25.2 Å². The molecular weight excluding hydrogens is 330 g/mol. The summed E-state index contributed by atoms with van der Waals surface area (Å²) in [6.45, 7) is 4.32. The number of rotatable bonds is 3. The third-order valence-electron chi connectivity index (χ3n) is 5.07. The van der Waals surface area contributed by atoms with Crippen LogP contribution in [0.1, 0.15) is 41.6 Å². The van der Waals surface area contributed by atoms with E-state index >= 15 is 0 Å². The van der Waals surface area contributed by atoms with E-state index in [4.69, 9.17) is 0 Å². The van der Waals surface area contributed by atoms with Gasteiger partial charge in [0.25, 0.3) is 11.6 Å². The van der Waals surface area contributed by atoms with Crippen molar-refractivity contribution in [1.29, 1.82) is 0 Å². The maximum atomic E-state index is 12.7. The summed E-state index contributed by atoms with van der Waals surface area (Å²) >= 11 is 0. The topological polar surface area (TPSA) is 75.5 Å². The Hall–Kier alpha value is -1.66. The second-order valence-corrected chi connectivity index (χ2v) is 6.61. The maximum absolute atomic E-state index is 12.7. The average Bonchev–Trinajstić information content (AvgIpc) is 3.08. The summed E-state index contributed by atoms with van der Waals surface area (Å²) in [6.07, 6.45) is 4.41. The molecule has 0 saturated carbocycles. The molecule has 6 nitrogen and oxygen atoms in total. The van der Waals surface area contributed by atoms with Gasteiger partial charge < -0.3 is 10.2 Å². The molecule has 1 atom stereocenters. The zero-order valence-electron chi connectivity index (χ0n) is 13.9. The molecule has 3 rings (SSSR count). The summed E-state index contributed by atoms with van der Waals surface area (Å²) in [6, 6.07) is 5.32. The van der Waals surface area contributed by atoms with E-state index in [2.05, 4.69) is 5.32 Å². The minimum absolute atomic E-state index is 0. The Labute approximate surface area is 148 Å². The molecule has 2 aliphatic rings. The summed E-state index contributed by atoms with van der Waals surface area (Å²) in [7, 11) is 0. The second kappa shape index (κ2) is 7.94. The maximum Gasteiger partial charge on any atom is 0.282 e.